The first-order valence-electron chi connectivity index (χ1n) is 6.81. The Labute approximate surface area is 134 Å². The zero-order chi connectivity index (χ0) is 17.6. The summed E-state index contributed by atoms with van der Waals surface area (Å²) >= 11 is 0. The van der Waals surface area contributed by atoms with Crippen molar-refractivity contribution in [2.45, 2.75) is 5.60 Å². The number of carboxylic acid groups (broad SMARTS) is 1. The number of carbonyl (C=O) groups excluding carboxylic acids is 1. The average molecular weight is 335 g/mol. The van der Waals surface area contributed by atoms with E-state index in [2.05, 4.69) is 0 Å². The maximum Gasteiger partial charge on any atom is 0.323 e. The molecule has 1 heterocycles. The van der Waals surface area contributed by atoms with Gasteiger partial charge < -0.3 is 15.3 Å². The van der Waals surface area contributed by atoms with Gasteiger partial charge in [0.05, 0.1) is 5.69 Å². The number of anilines is 1. The lowest BCUT2D eigenvalue weighted by molar-refractivity contribution is -0.139. The van der Waals surface area contributed by atoms with Gasteiger partial charge in [-0.1, -0.05) is 18.2 Å². The van der Waals surface area contributed by atoms with Crippen LogP contribution in [0.5, 0.6) is 5.75 Å². The Morgan fingerprint density at radius 2 is 1.75 bits per heavy atom. The molecular weight excluding hydrogens is 324 g/mol. The third-order valence-electron chi connectivity index (χ3n) is 3.86. The van der Waals surface area contributed by atoms with Crippen molar-refractivity contribution >= 4 is 17.6 Å². The second kappa shape index (κ2) is 5.27. The molecule has 0 spiro atoms. The fourth-order valence-electron chi connectivity index (χ4n) is 2.81. The van der Waals surface area contributed by atoms with Gasteiger partial charge in [-0.25, -0.2) is 8.78 Å². The summed E-state index contributed by atoms with van der Waals surface area (Å²) in [6.45, 7) is -0.734. The van der Waals surface area contributed by atoms with Gasteiger partial charge in [0, 0.05) is 17.2 Å². The van der Waals surface area contributed by atoms with E-state index in [9.17, 15) is 28.6 Å². The molecule has 1 aliphatic rings. The predicted octanol–water partition coefficient (Wildman–Crippen LogP) is 1.34. The molecule has 0 saturated heterocycles. The van der Waals surface area contributed by atoms with Gasteiger partial charge in [0.15, 0.2) is 11.6 Å². The van der Waals surface area contributed by atoms with Crippen molar-refractivity contribution in [1.29, 1.82) is 0 Å². The van der Waals surface area contributed by atoms with Crippen LogP contribution in [0, 0.1) is 11.6 Å². The number of carbonyl (C=O) groups is 2. The van der Waals surface area contributed by atoms with Gasteiger partial charge in [0.25, 0.3) is 5.91 Å². The number of aliphatic hydroxyl groups is 1. The molecule has 8 heteroatoms. The molecule has 24 heavy (non-hydrogen) atoms. The highest BCUT2D eigenvalue weighted by Gasteiger charge is 2.53. The number of fused-ring (bicyclic) bond motifs is 1. The van der Waals surface area contributed by atoms with Crippen LogP contribution in [0.15, 0.2) is 36.4 Å². The fourth-order valence-corrected chi connectivity index (χ4v) is 2.81. The number of nitrogens with zero attached hydrogens (tertiary/aromatic N) is 1. The first-order chi connectivity index (χ1) is 11.3. The van der Waals surface area contributed by atoms with Crippen molar-refractivity contribution in [2.24, 2.45) is 0 Å². The van der Waals surface area contributed by atoms with Gasteiger partial charge in [-0.15, -0.1) is 0 Å². The smallest absolute Gasteiger partial charge is 0.323 e. The largest absolute Gasteiger partial charge is 0.507 e. The number of carboxylic acids is 1. The van der Waals surface area contributed by atoms with Crippen LogP contribution in [-0.2, 0) is 15.2 Å². The first-order valence-corrected chi connectivity index (χ1v) is 6.81. The lowest BCUT2D eigenvalue weighted by Gasteiger charge is -2.24. The number of halogens is 2. The SMILES string of the molecule is O=C(O)CN1C(=O)C(O)(c2cc(F)c(F)cc2O)c2ccccc21. The van der Waals surface area contributed by atoms with Crippen molar-refractivity contribution in [3.05, 3.63) is 59.2 Å². The van der Waals surface area contributed by atoms with Gasteiger partial charge in [0.1, 0.15) is 12.3 Å². The van der Waals surface area contributed by atoms with Crippen LogP contribution in [0.4, 0.5) is 14.5 Å². The summed E-state index contributed by atoms with van der Waals surface area (Å²) in [4.78, 5) is 24.4. The number of aromatic hydroxyl groups is 1. The molecule has 1 unspecified atom stereocenters. The molecule has 124 valence electrons. The van der Waals surface area contributed by atoms with Gasteiger partial charge in [-0.05, 0) is 12.1 Å². The third kappa shape index (κ3) is 2.11. The van der Waals surface area contributed by atoms with Crippen molar-refractivity contribution in [2.75, 3.05) is 11.4 Å². The highest BCUT2D eigenvalue weighted by Crippen LogP contribution is 2.46. The van der Waals surface area contributed by atoms with Crippen LogP contribution >= 0.6 is 0 Å². The van der Waals surface area contributed by atoms with E-state index < -0.39 is 47.0 Å². The summed E-state index contributed by atoms with van der Waals surface area (Å²) < 4.78 is 26.8. The molecule has 2 aromatic carbocycles. The van der Waals surface area contributed by atoms with Crippen LogP contribution in [0.25, 0.3) is 0 Å². The third-order valence-corrected chi connectivity index (χ3v) is 3.86. The molecule has 0 bridgehead atoms. The molecule has 3 N–H and O–H groups in total. The molecule has 0 aromatic heterocycles. The number of hydrogen-bond acceptors (Lipinski definition) is 4. The van der Waals surface area contributed by atoms with E-state index in [1.165, 1.54) is 24.3 Å². The van der Waals surface area contributed by atoms with Crippen LogP contribution in [0.1, 0.15) is 11.1 Å². The number of benzene rings is 2. The Balaban J connectivity index is 2.25. The molecule has 0 radical (unpaired) electrons. The Morgan fingerprint density at radius 1 is 1.12 bits per heavy atom. The molecular formula is C16H11F2NO5. The summed E-state index contributed by atoms with van der Waals surface area (Å²) in [5.74, 6) is -5.93. The summed E-state index contributed by atoms with van der Waals surface area (Å²) in [5, 5.41) is 29.8. The van der Waals surface area contributed by atoms with Crippen LogP contribution in [0.3, 0.4) is 0 Å². The summed E-state index contributed by atoms with van der Waals surface area (Å²) in [6.07, 6.45) is 0. The van der Waals surface area contributed by atoms with E-state index >= 15 is 0 Å². The first kappa shape index (κ1) is 15.9. The normalized spacial score (nSPS) is 19.5. The minimum absolute atomic E-state index is 0.0300. The molecule has 3 rings (SSSR count). The number of para-hydroxylation sites is 1. The standard InChI is InChI=1S/C16H11F2NO5/c17-10-5-9(13(20)6-11(10)18)16(24)8-3-1-2-4-12(8)19(15(16)23)7-14(21)22/h1-6,20,24H,7H2,(H,21,22). The molecule has 1 atom stereocenters. The van der Waals surface area contributed by atoms with Crippen molar-refractivity contribution in [3.63, 3.8) is 0 Å². The second-order valence-electron chi connectivity index (χ2n) is 5.30. The number of aliphatic carboxylic acids is 1. The predicted molar refractivity (Wildman–Crippen MR) is 77.5 cm³/mol. The van der Waals surface area contributed by atoms with E-state index in [0.717, 1.165) is 4.90 Å². The van der Waals surface area contributed by atoms with E-state index in [0.29, 0.717) is 12.1 Å². The van der Waals surface area contributed by atoms with E-state index in [4.69, 9.17) is 5.11 Å². The average Bonchev–Trinajstić information content (AvgIpc) is 2.74. The van der Waals surface area contributed by atoms with Crippen molar-refractivity contribution in [3.8, 4) is 5.75 Å². The van der Waals surface area contributed by atoms with Crippen molar-refractivity contribution in [1.82, 2.24) is 0 Å². The minimum atomic E-state index is -2.52. The maximum atomic E-state index is 13.6. The molecule has 6 nitrogen and oxygen atoms in total. The van der Waals surface area contributed by atoms with Crippen LogP contribution in [-0.4, -0.2) is 33.7 Å². The number of hydrogen-bond donors (Lipinski definition) is 3. The van der Waals surface area contributed by atoms with Gasteiger partial charge >= 0.3 is 5.97 Å². The summed E-state index contributed by atoms with van der Waals surface area (Å²) in [6, 6.07) is 6.72. The minimum Gasteiger partial charge on any atom is -0.507 e. The topological polar surface area (TPSA) is 98.1 Å². The maximum absolute atomic E-state index is 13.6. The fraction of sp³-hybridized carbons (Fsp3) is 0.125. The molecule has 1 amide bonds. The van der Waals surface area contributed by atoms with E-state index in [1.807, 2.05) is 0 Å². The number of amides is 1. The Kier molecular flexibility index (Phi) is 3.49. The monoisotopic (exact) mass is 335 g/mol. The molecule has 0 saturated carbocycles. The van der Waals surface area contributed by atoms with Crippen LogP contribution < -0.4 is 4.90 Å². The quantitative estimate of drug-likeness (QED) is 0.786. The number of phenolic OH excluding ortho intramolecular Hbond substituents is 1. The molecule has 1 aliphatic heterocycles. The Morgan fingerprint density at radius 3 is 2.42 bits per heavy atom. The van der Waals surface area contributed by atoms with Crippen molar-refractivity contribution < 1.29 is 33.7 Å². The van der Waals surface area contributed by atoms with Gasteiger partial charge in [-0.2, -0.15) is 0 Å². The molecule has 0 fully saturated rings. The Hall–Kier alpha value is -3.00. The van der Waals surface area contributed by atoms with Gasteiger partial charge in [0.2, 0.25) is 5.60 Å². The highest BCUT2D eigenvalue weighted by molar-refractivity contribution is 6.11. The number of rotatable bonds is 3. The second-order valence-corrected chi connectivity index (χ2v) is 5.30. The van der Waals surface area contributed by atoms with E-state index in [1.54, 1.807) is 0 Å². The zero-order valence-electron chi connectivity index (χ0n) is 12.0. The van der Waals surface area contributed by atoms with E-state index in [-0.39, 0.29) is 11.3 Å². The molecule has 2 aromatic rings. The lowest BCUT2D eigenvalue weighted by atomic mass is 9.87. The molecule has 0 aliphatic carbocycles. The van der Waals surface area contributed by atoms with Gasteiger partial charge in [-0.3, -0.25) is 14.5 Å². The highest BCUT2D eigenvalue weighted by atomic mass is 19.2. The summed E-state index contributed by atoms with van der Waals surface area (Å²) in [5.41, 5.74) is -3.01. The number of phenols is 1. The lowest BCUT2D eigenvalue weighted by Crippen LogP contribution is -2.43. The summed E-state index contributed by atoms with van der Waals surface area (Å²) in [7, 11) is 0. The Bertz CT molecular complexity index is 870. The zero-order valence-corrected chi connectivity index (χ0v) is 12.0. The van der Waals surface area contributed by atoms with Crippen LogP contribution in [0.2, 0.25) is 0 Å².